The number of aromatic nitrogens is 1. The topological polar surface area (TPSA) is 28.2 Å². The molecule has 0 fully saturated rings. The van der Waals surface area contributed by atoms with E-state index in [1.807, 2.05) is 18.5 Å². The maximum atomic E-state index is 4.11. The van der Waals surface area contributed by atoms with E-state index in [0.29, 0.717) is 0 Å². The maximum absolute atomic E-state index is 4.11. The fourth-order valence-corrected chi connectivity index (χ4v) is 2.18. The monoisotopic (exact) mass is 269 g/mol. The number of nitrogens with one attached hydrogen (secondary N) is 1. The van der Waals surface area contributed by atoms with Crippen LogP contribution in [0.1, 0.15) is 17.5 Å². The molecule has 0 amide bonds. The number of hydrogen-bond acceptors (Lipinski definition) is 3. The van der Waals surface area contributed by atoms with Gasteiger partial charge in [0, 0.05) is 25.5 Å². The molecular weight excluding hydrogens is 246 g/mol. The normalized spacial score (nSPS) is 10.9. The van der Waals surface area contributed by atoms with Crippen LogP contribution in [0.5, 0.6) is 0 Å². The summed E-state index contributed by atoms with van der Waals surface area (Å²) in [7, 11) is 2.17. The second kappa shape index (κ2) is 8.46. The van der Waals surface area contributed by atoms with Crippen LogP contribution in [-0.4, -0.2) is 30.0 Å². The van der Waals surface area contributed by atoms with Gasteiger partial charge in [0.2, 0.25) is 0 Å². The number of pyridine rings is 1. The summed E-state index contributed by atoms with van der Waals surface area (Å²) in [6.07, 6.45) is 4.88. The Hall–Kier alpha value is -1.71. The molecule has 2 aromatic rings. The summed E-state index contributed by atoms with van der Waals surface area (Å²) in [6.45, 7) is 4.06. The van der Waals surface area contributed by atoms with E-state index in [1.54, 1.807) is 0 Å². The predicted octanol–water partition coefficient (Wildman–Crippen LogP) is 2.69. The first-order valence-corrected chi connectivity index (χ1v) is 7.16. The largest absolute Gasteiger partial charge is 0.313 e. The third-order valence-electron chi connectivity index (χ3n) is 3.24. The molecule has 1 N–H and O–H groups in total. The van der Waals surface area contributed by atoms with Gasteiger partial charge >= 0.3 is 0 Å². The van der Waals surface area contributed by atoms with E-state index >= 15 is 0 Å². The summed E-state index contributed by atoms with van der Waals surface area (Å²) in [5.74, 6) is 0. The van der Waals surface area contributed by atoms with Crippen molar-refractivity contribution in [3.8, 4) is 0 Å². The average Bonchev–Trinajstić information content (AvgIpc) is 2.49. The van der Waals surface area contributed by atoms with Crippen molar-refractivity contribution in [2.24, 2.45) is 0 Å². The van der Waals surface area contributed by atoms with Crippen LogP contribution in [0.3, 0.4) is 0 Å². The molecule has 0 saturated carbocycles. The highest BCUT2D eigenvalue weighted by molar-refractivity contribution is 5.14. The Balaban J connectivity index is 1.57. The molecule has 0 unspecified atom stereocenters. The van der Waals surface area contributed by atoms with Crippen LogP contribution in [0.25, 0.3) is 0 Å². The van der Waals surface area contributed by atoms with E-state index in [-0.39, 0.29) is 0 Å². The third-order valence-corrected chi connectivity index (χ3v) is 3.24. The fraction of sp³-hybridized carbons (Fsp3) is 0.353. The van der Waals surface area contributed by atoms with Gasteiger partial charge in [-0.1, -0.05) is 36.4 Å². The molecule has 3 nitrogen and oxygen atoms in total. The third kappa shape index (κ3) is 5.51. The number of rotatable bonds is 8. The molecule has 0 aliphatic heterocycles. The first-order chi connectivity index (χ1) is 9.84. The van der Waals surface area contributed by atoms with Gasteiger partial charge in [-0.2, -0.15) is 0 Å². The zero-order valence-electron chi connectivity index (χ0n) is 12.1. The van der Waals surface area contributed by atoms with Gasteiger partial charge in [0.15, 0.2) is 0 Å². The molecule has 0 aliphatic carbocycles. The molecule has 106 valence electrons. The molecule has 1 aromatic carbocycles. The lowest BCUT2D eigenvalue weighted by Crippen LogP contribution is -2.23. The Kier molecular flexibility index (Phi) is 6.21. The molecule has 1 aromatic heterocycles. The molecule has 1 heterocycles. The van der Waals surface area contributed by atoms with Gasteiger partial charge in [-0.25, -0.2) is 0 Å². The van der Waals surface area contributed by atoms with Crippen LogP contribution < -0.4 is 5.32 Å². The van der Waals surface area contributed by atoms with Crippen LogP contribution in [0, 0.1) is 0 Å². The summed E-state index contributed by atoms with van der Waals surface area (Å²) in [4.78, 5) is 6.47. The summed E-state index contributed by atoms with van der Waals surface area (Å²) in [5, 5.41) is 3.45. The Morgan fingerprint density at radius 2 is 1.85 bits per heavy atom. The number of benzene rings is 1. The Labute approximate surface area is 121 Å². The van der Waals surface area contributed by atoms with Gasteiger partial charge in [0.1, 0.15) is 0 Å². The minimum atomic E-state index is 0.899. The van der Waals surface area contributed by atoms with Crippen LogP contribution >= 0.6 is 0 Å². The molecule has 3 heteroatoms. The molecule has 0 bridgehead atoms. The van der Waals surface area contributed by atoms with Gasteiger partial charge in [-0.3, -0.25) is 4.98 Å². The Bertz CT molecular complexity index is 470. The van der Waals surface area contributed by atoms with E-state index in [9.17, 15) is 0 Å². The highest BCUT2D eigenvalue weighted by Gasteiger charge is 1.99. The Morgan fingerprint density at radius 1 is 1.05 bits per heavy atom. The molecule has 0 radical (unpaired) electrons. The van der Waals surface area contributed by atoms with E-state index in [0.717, 1.165) is 32.6 Å². The summed E-state index contributed by atoms with van der Waals surface area (Å²) < 4.78 is 0. The molecule has 0 atom stereocenters. The van der Waals surface area contributed by atoms with Crippen molar-refractivity contribution >= 4 is 0 Å². The van der Waals surface area contributed by atoms with Crippen LogP contribution in [-0.2, 0) is 13.1 Å². The standard InChI is InChI=1S/C17H23N3/c1-20(15-16-7-3-2-4-8-16)12-6-11-19-14-17-9-5-10-18-13-17/h2-5,7-10,13,19H,6,11-12,14-15H2,1H3. The van der Waals surface area contributed by atoms with Crippen molar-refractivity contribution in [1.82, 2.24) is 15.2 Å². The fourth-order valence-electron chi connectivity index (χ4n) is 2.18. The first kappa shape index (κ1) is 14.7. The van der Waals surface area contributed by atoms with E-state index < -0.39 is 0 Å². The lowest BCUT2D eigenvalue weighted by atomic mass is 10.2. The van der Waals surface area contributed by atoms with Crippen LogP contribution in [0.2, 0.25) is 0 Å². The zero-order chi connectivity index (χ0) is 14.0. The quantitative estimate of drug-likeness (QED) is 0.747. The SMILES string of the molecule is CN(CCCNCc1cccnc1)Cc1ccccc1. The van der Waals surface area contributed by atoms with E-state index in [2.05, 4.69) is 58.6 Å². The van der Waals surface area contributed by atoms with Crippen molar-refractivity contribution in [1.29, 1.82) is 0 Å². The maximum Gasteiger partial charge on any atom is 0.0312 e. The minimum absolute atomic E-state index is 0.899. The second-order valence-electron chi connectivity index (χ2n) is 5.11. The predicted molar refractivity (Wildman–Crippen MR) is 83.3 cm³/mol. The summed E-state index contributed by atoms with van der Waals surface area (Å²) >= 11 is 0. The van der Waals surface area contributed by atoms with E-state index in [1.165, 1.54) is 11.1 Å². The second-order valence-corrected chi connectivity index (χ2v) is 5.11. The van der Waals surface area contributed by atoms with Gasteiger partial charge in [0.25, 0.3) is 0 Å². The Morgan fingerprint density at radius 3 is 2.60 bits per heavy atom. The lowest BCUT2D eigenvalue weighted by Gasteiger charge is -2.16. The smallest absolute Gasteiger partial charge is 0.0312 e. The van der Waals surface area contributed by atoms with Gasteiger partial charge in [-0.05, 0) is 43.8 Å². The molecule has 20 heavy (non-hydrogen) atoms. The zero-order valence-corrected chi connectivity index (χ0v) is 12.1. The summed E-state index contributed by atoms with van der Waals surface area (Å²) in [6, 6.07) is 14.7. The van der Waals surface area contributed by atoms with Gasteiger partial charge in [-0.15, -0.1) is 0 Å². The lowest BCUT2D eigenvalue weighted by molar-refractivity contribution is 0.319. The number of nitrogens with zero attached hydrogens (tertiary/aromatic N) is 2. The van der Waals surface area contributed by atoms with Crippen molar-refractivity contribution in [2.45, 2.75) is 19.5 Å². The van der Waals surface area contributed by atoms with Crippen molar-refractivity contribution in [3.05, 3.63) is 66.0 Å². The van der Waals surface area contributed by atoms with Crippen molar-refractivity contribution in [3.63, 3.8) is 0 Å². The molecule has 2 rings (SSSR count). The average molecular weight is 269 g/mol. The first-order valence-electron chi connectivity index (χ1n) is 7.16. The minimum Gasteiger partial charge on any atom is -0.313 e. The van der Waals surface area contributed by atoms with E-state index in [4.69, 9.17) is 0 Å². The highest BCUT2D eigenvalue weighted by Crippen LogP contribution is 2.02. The molecule has 0 spiro atoms. The molecule has 0 aliphatic rings. The molecule has 0 saturated heterocycles. The van der Waals surface area contributed by atoms with Gasteiger partial charge < -0.3 is 10.2 Å². The van der Waals surface area contributed by atoms with Crippen LogP contribution in [0.15, 0.2) is 54.9 Å². The van der Waals surface area contributed by atoms with Crippen molar-refractivity contribution < 1.29 is 0 Å². The highest BCUT2D eigenvalue weighted by atomic mass is 15.1. The molecular formula is C17H23N3. The van der Waals surface area contributed by atoms with Crippen molar-refractivity contribution in [2.75, 3.05) is 20.1 Å². The summed E-state index contributed by atoms with van der Waals surface area (Å²) in [5.41, 5.74) is 2.61. The van der Waals surface area contributed by atoms with Gasteiger partial charge in [0.05, 0.1) is 0 Å². The van der Waals surface area contributed by atoms with Crippen LogP contribution in [0.4, 0.5) is 0 Å². The number of hydrogen-bond donors (Lipinski definition) is 1.